The van der Waals surface area contributed by atoms with Crippen molar-refractivity contribution in [3.05, 3.63) is 41.7 Å². The van der Waals surface area contributed by atoms with Gasteiger partial charge in [0.1, 0.15) is 11.3 Å². The number of nitrogens with zero attached hydrogens (tertiary/aromatic N) is 6. The molecule has 0 radical (unpaired) electrons. The molecule has 0 saturated carbocycles. The number of carbonyl (C=O) groups is 1. The number of piperidine rings is 1. The molecule has 3 aromatic rings. The number of aromatic nitrogens is 4. The molecule has 11 heteroatoms. The fourth-order valence-electron chi connectivity index (χ4n) is 4.63. The van der Waals surface area contributed by atoms with Gasteiger partial charge in [-0.1, -0.05) is 0 Å². The number of nitrogens with two attached hydrogens (primary N) is 1. The highest BCUT2D eigenvalue weighted by molar-refractivity contribution is 6.12. The molecule has 2 fully saturated rings. The number of amides is 1. The summed E-state index contributed by atoms with van der Waals surface area (Å²) in [7, 11) is 0. The number of hydrogen-bond acceptors (Lipinski definition) is 8. The fraction of sp³-hybridized carbons (Fsp3) is 0.435. The van der Waals surface area contributed by atoms with Gasteiger partial charge < -0.3 is 20.7 Å². The number of anilines is 3. The van der Waals surface area contributed by atoms with Crippen molar-refractivity contribution in [1.82, 2.24) is 19.6 Å². The van der Waals surface area contributed by atoms with Crippen molar-refractivity contribution in [2.45, 2.75) is 25.7 Å². The molecule has 0 bridgehead atoms. The summed E-state index contributed by atoms with van der Waals surface area (Å²) in [5.74, 6) is -0.291. The molecule has 2 aliphatic heterocycles. The van der Waals surface area contributed by atoms with E-state index in [0.29, 0.717) is 36.2 Å². The summed E-state index contributed by atoms with van der Waals surface area (Å²) >= 11 is 0. The first kappa shape index (κ1) is 22.0. The Kier molecular flexibility index (Phi) is 5.75. The molecule has 1 unspecified atom stereocenters. The Morgan fingerprint density at radius 2 is 2.06 bits per heavy atom. The second-order valence-electron chi connectivity index (χ2n) is 8.86. The molecular weight excluding hydrogens is 439 g/mol. The Balaban J connectivity index is 1.39. The van der Waals surface area contributed by atoms with Gasteiger partial charge in [0, 0.05) is 37.0 Å². The van der Waals surface area contributed by atoms with Crippen molar-refractivity contribution in [1.29, 1.82) is 5.26 Å². The van der Waals surface area contributed by atoms with Crippen LogP contribution in [0.3, 0.4) is 0 Å². The van der Waals surface area contributed by atoms with E-state index in [4.69, 9.17) is 15.7 Å². The zero-order valence-electron chi connectivity index (χ0n) is 18.7. The molecule has 2 aliphatic rings. The second kappa shape index (κ2) is 8.87. The molecule has 0 spiro atoms. The average Bonchev–Trinajstić information content (AvgIpc) is 3.13. The molecule has 5 rings (SSSR count). The lowest BCUT2D eigenvalue weighted by molar-refractivity contribution is -0.0650. The second-order valence-corrected chi connectivity index (χ2v) is 8.86. The van der Waals surface area contributed by atoms with Gasteiger partial charge in [-0.15, -0.1) is 5.10 Å². The number of nitrogen functional groups attached to an aromatic ring is 1. The standard InChI is InChI=1S/C23H25FN8O2/c1-13(6-25)15-7-28-22-19(21(26)30-32(22)10-15)23(33)29-18-9-27-8-17(24)20(18)31-4-2-14(3-5-31)16-11-34-12-16/h7-10,13-14,16H,2-5,11-12H2,1H3,(H2,26,30)(H,29,33). The maximum absolute atomic E-state index is 14.9. The normalized spacial score (nSPS) is 17.9. The smallest absolute Gasteiger partial charge is 0.263 e. The average molecular weight is 465 g/mol. The van der Waals surface area contributed by atoms with Gasteiger partial charge in [-0.3, -0.25) is 9.78 Å². The number of halogens is 1. The topological polar surface area (TPSA) is 134 Å². The monoisotopic (exact) mass is 464 g/mol. The molecule has 5 heterocycles. The Labute approximate surface area is 195 Å². The van der Waals surface area contributed by atoms with Gasteiger partial charge in [0.2, 0.25) is 0 Å². The van der Waals surface area contributed by atoms with Gasteiger partial charge in [0.05, 0.1) is 43.3 Å². The quantitative estimate of drug-likeness (QED) is 0.588. The summed E-state index contributed by atoms with van der Waals surface area (Å²) in [4.78, 5) is 23.4. The van der Waals surface area contributed by atoms with Crippen LogP contribution in [-0.2, 0) is 4.74 Å². The number of pyridine rings is 1. The summed E-state index contributed by atoms with van der Waals surface area (Å²) in [6.45, 7) is 4.73. The largest absolute Gasteiger partial charge is 0.381 e. The first-order valence-corrected chi connectivity index (χ1v) is 11.3. The first-order chi connectivity index (χ1) is 16.5. The van der Waals surface area contributed by atoms with Gasteiger partial charge in [0.25, 0.3) is 5.91 Å². The van der Waals surface area contributed by atoms with Crippen LogP contribution in [0.4, 0.5) is 21.6 Å². The molecule has 0 aromatic carbocycles. The van der Waals surface area contributed by atoms with E-state index < -0.39 is 11.7 Å². The SMILES string of the molecule is CC(C#N)c1cnc2c(C(=O)Nc3cncc(F)c3N3CCC(C4COC4)CC3)c(N)nn2c1. The Morgan fingerprint density at radius 1 is 1.29 bits per heavy atom. The van der Waals surface area contributed by atoms with Crippen LogP contribution in [0.5, 0.6) is 0 Å². The third kappa shape index (κ3) is 3.90. The van der Waals surface area contributed by atoms with Crippen molar-refractivity contribution in [2.24, 2.45) is 11.8 Å². The number of rotatable bonds is 5. The van der Waals surface area contributed by atoms with Gasteiger partial charge >= 0.3 is 0 Å². The van der Waals surface area contributed by atoms with E-state index in [1.54, 1.807) is 13.1 Å². The van der Waals surface area contributed by atoms with E-state index in [2.05, 4.69) is 26.5 Å². The summed E-state index contributed by atoms with van der Waals surface area (Å²) in [5, 5.41) is 16.1. The molecule has 2 saturated heterocycles. The third-order valence-electron chi connectivity index (χ3n) is 6.75. The van der Waals surface area contributed by atoms with Crippen molar-refractivity contribution < 1.29 is 13.9 Å². The molecule has 34 heavy (non-hydrogen) atoms. The molecule has 3 aromatic heterocycles. The molecule has 176 valence electrons. The van der Waals surface area contributed by atoms with E-state index in [-0.39, 0.29) is 28.6 Å². The van der Waals surface area contributed by atoms with Crippen molar-refractivity contribution >= 4 is 28.7 Å². The molecular formula is C23H25FN8O2. The summed E-state index contributed by atoms with van der Waals surface area (Å²) < 4.78 is 21.6. The van der Waals surface area contributed by atoms with Crippen LogP contribution < -0.4 is 16.0 Å². The number of ether oxygens (including phenoxy) is 1. The zero-order chi connectivity index (χ0) is 23.8. The van der Waals surface area contributed by atoms with E-state index >= 15 is 0 Å². The first-order valence-electron chi connectivity index (χ1n) is 11.3. The lowest BCUT2D eigenvalue weighted by Crippen LogP contribution is -2.42. The lowest BCUT2D eigenvalue weighted by atomic mass is 9.83. The maximum atomic E-state index is 14.9. The predicted molar refractivity (Wildman–Crippen MR) is 123 cm³/mol. The van der Waals surface area contributed by atoms with Crippen LogP contribution >= 0.6 is 0 Å². The minimum Gasteiger partial charge on any atom is -0.381 e. The van der Waals surface area contributed by atoms with Crippen molar-refractivity contribution in [3.8, 4) is 6.07 Å². The summed E-state index contributed by atoms with van der Waals surface area (Å²) in [6.07, 6.45) is 7.61. The summed E-state index contributed by atoms with van der Waals surface area (Å²) in [5.41, 5.74) is 7.60. The van der Waals surface area contributed by atoms with E-state index in [1.807, 2.05) is 4.90 Å². The number of nitriles is 1. The molecule has 3 N–H and O–H groups in total. The highest BCUT2D eigenvalue weighted by atomic mass is 19.1. The summed E-state index contributed by atoms with van der Waals surface area (Å²) in [6, 6.07) is 2.14. The van der Waals surface area contributed by atoms with E-state index in [1.165, 1.54) is 16.9 Å². The Morgan fingerprint density at radius 3 is 2.74 bits per heavy atom. The molecule has 10 nitrogen and oxygen atoms in total. The van der Waals surface area contributed by atoms with Crippen LogP contribution in [0.25, 0.3) is 5.65 Å². The van der Waals surface area contributed by atoms with Crippen LogP contribution in [-0.4, -0.2) is 51.8 Å². The van der Waals surface area contributed by atoms with Gasteiger partial charge in [0.15, 0.2) is 17.3 Å². The van der Waals surface area contributed by atoms with Crippen LogP contribution in [0.1, 0.15) is 41.6 Å². The van der Waals surface area contributed by atoms with E-state index in [9.17, 15) is 9.18 Å². The molecule has 1 atom stereocenters. The Hall–Kier alpha value is -3.78. The number of nitrogens with one attached hydrogen (secondary N) is 1. The van der Waals surface area contributed by atoms with E-state index in [0.717, 1.165) is 32.3 Å². The van der Waals surface area contributed by atoms with Gasteiger partial charge in [-0.2, -0.15) is 5.26 Å². The highest BCUT2D eigenvalue weighted by Crippen LogP contribution is 2.36. The van der Waals surface area contributed by atoms with Crippen molar-refractivity contribution in [3.63, 3.8) is 0 Å². The number of carbonyl (C=O) groups excluding carboxylic acids is 1. The highest BCUT2D eigenvalue weighted by Gasteiger charge is 2.33. The zero-order valence-corrected chi connectivity index (χ0v) is 18.7. The fourth-order valence-corrected chi connectivity index (χ4v) is 4.63. The number of fused-ring (bicyclic) bond motifs is 1. The maximum Gasteiger partial charge on any atom is 0.263 e. The third-order valence-corrected chi connectivity index (χ3v) is 6.75. The van der Waals surface area contributed by atoms with Crippen LogP contribution in [0, 0.1) is 29.0 Å². The molecule has 0 aliphatic carbocycles. The molecule has 1 amide bonds. The van der Waals surface area contributed by atoms with Gasteiger partial charge in [-0.25, -0.2) is 13.9 Å². The van der Waals surface area contributed by atoms with Crippen molar-refractivity contribution in [2.75, 3.05) is 42.3 Å². The number of hydrogen-bond donors (Lipinski definition) is 2. The van der Waals surface area contributed by atoms with Crippen LogP contribution in [0.2, 0.25) is 0 Å². The minimum atomic E-state index is -0.559. The predicted octanol–water partition coefficient (Wildman–Crippen LogP) is 2.59. The van der Waals surface area contributed by atoms with Crippen LogP contribution in [0.15, 0.2) is 24.8 Å². The lowest BCUT2D eigenvalue weighted by Gasteiger charge is -2.40. The Bertz CT molecular complexity index is 1270. The van der Waals surface area contributed by atoms with Gasteiger partial charge in [-0.05, 0) is 25.7 Å². The minimum absolute atomic E-state index is 0.0128.